The van der Waals surface area contributed by atoms with Crippen molar-refractivity contribution in [3.8, 4) is 0 Å². The molecule has 0 atom stereocenters. The van der Waals surface area contributed by atoms with Crippen LogP contribution in [0.5, 0.6) is 0 Å². The highest BCUT2D eigenvalue weighted by Crippen LogP contribution is 2.11. The smallest absolute Gasteiger partial charge is 0.0568 e. The van der Waals surface area contributed by atoms with Gasteiger partial charge < -0.3 is 5.21 Å². The van der Waals surface area contributed by atoms with E-state index in [1.165, 1.54) is 89.9 Å². The summed E-state index contributed by atoms with van der Waals surface area (Å²) < 4.78 is 0. The van der Waals surface area contributed by atoms with Gasteiger partial charge in [-0.15, -0.1) is 0 Å². The molecular formula is C21H41NO. The van der Waals surface area contributed by atoms with E-state index < -0.39 is 0 Å². The summed E-state index contributed by atoms with van der Waals surface area (Å²) in [5, 5.41) is 12.1. The Morgan fingerprint density at radius 3 is 1.65 bits per heavy atom. The molecule has 0 unspecified atom stereocenters. The summed E-state index contributed by atoms with van der Waals surface area (Å²) in [6.07, 6.45) is 25.3. The molecule has 0 aliphatic rings. The number of nitrogens with zero attached hydrogens (tertiary/aromatic N) is 1. The molecule has 0 spiro atoms. The third-order valence-corrected chi connectivity index (χ3v) is 4.53. The molecule has 0 saturated carbocycles. The molecule has 23 heavy (non-hydrogen) atoms. The van der Waals surface area contributed by atoms with E-state index >= 15 is 0 Å². The molecule has 0 aromatic rings. The predicted molar refractivity (Wildman–Crippen MR) is 104 cm³/mol. The highest BCUT2D eigenvalue weighted by atomic mass is 16.4. The molecule has 2 heteroatoms. The molecule has 0 aliphatic heterocycles. The molecule has 0 aromatic carbocycles. The van der Waals surface area contributed by atoms with Crippen LogP contribution in [0.3, 0.4) is 0 Å². The Bertz CT molecular complexity index is 284. The molecule has 0 aliphatic carbocycles. The maximum atomic E-state index is 8.73. The first-order valence-electron chi connectivity index (χ1n) is 10.2. The summed E-state index contributed by atoms with van der Waals surface area (Å²) in [5.74, 6) is 0. The van der Waals surface area contributed by atoms with Crippen LogP contribution < -0.4 is 0 Å². The van der Waals surface area contributed by atoms with E-state index in [9.17, 15) is 0 Å². The maximum absolute atomic E-state index is 8.73. The van der Waals surface area contributed by atoms with Gasteiger partial charge in [-0.3, -0.25) is 0 Å². The van der Waals surface area contributed by atoms with Gasteiger partial charge in [-0.2, -0.15) is 0 Å². The zero-order chi connectivity index (χ0) is 17.0. The molecule has 2 nitrogen and oxygen atoms in total. The van der Waals surface area contributed by atoms with Gasteiger partial charge in [0.1, 0.15) is 0 Å². The van der Waals surface area contributed by atoms with Gasteiger partial charge in [0.05, 0.1) is 5.71 Å². The lowest BCUT2D eigenvalue weighted by Crippen LogP contribution is -1.95. The normalized spacial score (nSPS) is 12.3. The molecule has 1 N–H and O–H groups in total. The summed E-state index contributed by atoms with van der Waals surface area (Å²) >= 11 is 0. The summed E-state index contributed by atoms with van der Waals surface area (Å²) in [7, 11) is 0. The van der Waals surface area contributed by atoms with Crippen molar-refractivity contribution >= 4 is 5.71 Å². The second-order valence-electron chi connectivity index (χ2n) is 6.71. The minimum absolute atomic E-state index is 0.877. The third-order valence-electron chi connectivity index (χ3n) is 4.53. The van der Waals surface area contributed by atoms with Crippen molar-refractivity contribution in [2.75, 3.05) is 0 Å². The average Bonchev–Trinajstić information content (AvgIpc) is 2.58. The van der Waals surface area contributed by atoms with Crippen LogP contribution in [0.4, 0.5) is 0 Å². The number of oxime groups is 1. The Balaban J connectivity index is 3.16. The van der Waals surface area contributed by atoms with Crippen LogP contribution in [0.1, 0.15) is 117 Å². The highest BCUT2D eigenvalue weighted by Gasteiger charge is 1.97. The van der Waals surface area contributed by atoms with Gasteiger partial charge in [-0.25, -0.2) is 0 Å². The number of rotatable bonds is 17. The summed E-state index contributed by atoms with van der Waals surface area (Å²) in [6, 6.07) is 0. The van der Waals surface area contributed by atoms with Crippen molar-refractivity contribution < 1.29 is 5.21 Å². The van der Waals surface area contributed by atoms with Gasteiger partial charge in [0, 0.05) is 0 Å². The first kappa shape index (κ1) is 22.2. The van der Waals surface area contributed by atoms with E-state index in [1.807, 2.05) is 0 Å². The summed E-state index contributed by atoms with van der Waals surface area (Å²) in [5.41, 5.74) is 0.945. The van der Waals surface area contributed by atoms with E-state index in [-0.39, 0.29) is 0 Å². The fraction of sp³-hybridized carbons (Fsp3) is 0.857. The number of unbranched alkanes of at least 4 members (excludes halogenated alkanes) is 12. The van der Waals surface area contributed by atoms with Crippen molar-refractivity contribution in [3.05, 3.63) is 12.2 Å². The quantitative estimate of drug-likeness (QED) is 0.0962. The lowest BCUT2D eigenvalue weighted by Gasteiger charge is -2.02. The van der Waals surface area contributed by atoms with Crippen LogP contribution in [0.25, 0.3) is 0 Å². The molecule has 136 valence electrons. The van der Waals surface area contributed by atoms with Gasteiger partial charge in [-0.05, 0) is 44.9 Å². The number of allylic oxidation sites excluding steroid dienone is 2. The van der Waals surface area contributed by atoms with E-state index in [1.54, 1.807) is 0 Å². The van der Waals surface area contributed by atoms with Gasteiger partial charge in [-0.1, -0.05) is 88.9 Å². The zero-order valence-corrected chi connectivity index (χ0v) is 15.9. The molecule has 0 bridgehead atoms. The van der Waals surface area contributed by atoms with Gasteiger partial charge in [0.15, 0.2) is 0 Å². The van der Waals surface area contributed by atoms with E-state index in [4.69, 9.17) is 5.21 Å². The Morgan fingerprint density at radius 1 is 0.696 bits per heavy atom. The van der Waals surface area contributed by atoms with Crippen LogP contribution in [0, 0.1) is 0 Å². The van der Waals surface area contributed by atoms with Crippen molar-refractivity contribution in [1.29, 1.82) is 0 Å². The topological polar surface area (TPSA) is 32.6 Å². The molecule has 0 heterocycles. The van der Waals surface area contributed by atoms with Crippen LogP contribution in [0.2, 0.25) is 0 Å². The number of hydrogen-bond donors (Lipinski definition) is 1. The molecule has 0 saturated heterocycles. The SMILES string of the molecule is CCCCCCCCC=CCCCCCCCCC(CC)=NO. The van der Waals surface area contributed by atoms with Gasteiger partial charge in [0.2, 0.25) is 0 Å². The van der Waals surface area contributed by atoms with Crippen molar-refractivity contribution in [2.24, 2.45) is 5.16 Å². The fourth-order valence-electron chi connectivity index (χ4n) is 2.87. The van der Waals surface area contributed by atoms with Crippen LogP contribution in [0.15, 0.2) is 17.3 Å². The van der Waals surface area contributed by atoms with Crippen molar-refractivity contribution in [3.63, 3.8) is 0 Å². The Labute approximate surface area is 145 Å². The summed E-state index contributed by atoms with van der Waals surface area (Å²) in [4.78, 5) is 0. The Hall–Kier alpha value is -0.790. The highest BCUT2D eigenvalue weighted by molar-refractivity contribution is 5.83. The molecule has 0 amide bonds. The molecular weight excluding hydrogens is 282 g/mol. The lowest BCUT2D eigenvalue weighted by atomic mass is 10.1. The van der Waals surface area contributed by atoms with Crippen LogP contribution >= 0.6 is 0 Å². The number of hydrogen-bond acceptors (Lipinski definition) is 2. The second kappa shape index (κ2) is 19.3. The largest absolute Gasteiger partial charge is 0.411 e. The first-order valence-corrected chi connectivity index (χ1v) is 10.2. The Kier molecular flexibility index (Phi) is 18.6. The Morgan fingerprint density at radius 2 is 1.17 bits per heavy atom. The minimum Gasteiger partial charge on any atom is -0.411 e. The standard InChI is InChI=1S/C21H41NO/c1-3-5-6-7-8-9-10-11-12-13-14-15-16-17-18-19-20-21(4-2)22-23/h11-12,23H,3-10,13-20H2,1-2H3. The van der Waals surface area contributed by atoms with Crippen molar-refractivity contribution in [2.45, 2.75) is 117 Å². The monoisotopic (exact) mass is 323 g/mol. The predicted octanol–water partition coefficient (Wildman–Crippen LogP) is 7.65. The summed E-state index contributed by atoms with van der Waals surface area (Å²) in [6.45, 7) is 4.33. The third kappa shape index (κ3) is 17.4. The fourth-order valence-corrected chi connectivity index (χ4v) is 2.87. The lowest BCUT2D eigenvalue weighted by molar-refractivity contribution is 0.316. The molecule has 0 radical (unpaired) electrons. The minimum atomic E-state index is 0.877. The van der Waals surface area contributed by atoms with Gasteiger partial charge >= 0.3 is 0 Å². The first-order chi connectivity index (χ1) is 11.3. The second-order valence-corrected chi connectivity index (χ2v) is 6.71. The zero-order valence-electron chi connectivity index (χ0n) is 15.9. The van der Waals surface area contributed by atoms with Crippen LogP contribution in [-0.2, 0) is 0 Å². The molecule has 0 aromatic heterocycles. The van der Waals surface area contributed by atoms with E-state index in [0.717, 1.165) is 18.6 Å². The maximum Gasteiger partial charge on any atom is 0.0568 e. The van der Waals surface area contributed by atoms with Gasteiger partial charge in [0.25, 0.3) is 0 Å². The molecule has 0 rings (SSSR count). The van der Waals surface area contributed by atoms with E-state index in [2.05, 4.69) is 31.2 Å². The van der Waals surface area contributed by atoms with Crippen LogP contribution in [-0.4, -0.2) is 10.9 Å². The van der Waals surface area contributed by atoms with E-state index in [0.29, 0.717) is 0 Å². The molecule has 0 fully saturated rings. The van der Waals surface area contributed by atoms with Crippen molar-refractivity contribution in [1.82, 2.24) is 0 Å². The average molecular weight is 324 g/mol.